The van der Waals surface area contributed by atoms with Crippen LogP contribution in [0.2, 0.25) is 0 Å². The molecule has 0 bridgehead atoms. The summed E-state index contributed by atoms with van der Waals surface area (Å²) in [5.74, 6) is -0.587. The Morgan fingerprint density at radius 2 is 1.68 bits per heavy atom. The van der Waals surface area contributed by atoms with E-state index in [2.05, 4.69) is 32.1 Å². The third kappa shape index (κ3) is 4.16. The van der Waals surface area contributed by atoms with Gasteiger partial charge in [-0.25, -0.2) is 27.2 Å². The number of benzene rings is 1. The summed E-state index contributed by atoms with van der Waals surface area (Å²) < 4.78 is 55.6. The van der Waals surface area contributed by atoms with Gasteiger partial charge in [0.15, 0.2) is 5.82 Å². The van der Waals surface area contributed by atoms with Crippen LogP contribution in [0, 0.1) is 11.6 Å². The minimum atomic E-state index is -4.34. The van der Waals surface area contributed by atoms with E-state index in [1.165, 1.54) is 0 Å². The van der Waals surface area contributed by atoms with E-state index in [1.807, 2.05) is 12.1 Å². The van der Waals surface area contributed by atoms with Crippen molar-refractivity contribution in [3.8, 4) is 11.1 Å². The molecule has 0 amide bonds. The van der Waals surface area contributed by atoms with Crippen molar-refractivity contribution in [2.45, 2.75) is 4.90 Å². The van der Waals surface area contributed by atoms with Gasteiger partial charge in [0, 0.05) is 56.2 Å². The van der Waals surface area contributed by atoms with Crippen molar-refractivity contribution >= 4 is 27.3 Å². The molecule has 34 heavy (non-hydrogen) atoms. The first-order valence-corrected chi connectivity index (χ1v) is 12.4. The summed E-state index contributed by atoms with van der Waals surface area (Å²) in [5, 5.41) is 3.07. The normalized spacial score (nSPS) is 16.8. The molecule has 1 N–H and O–H groups in total. The van der Waals surface area contributed by atoms with Crippen LogP contribution in [-0.4, -0.2) is 69.6 Å². The Hall–Kier alpha value is -3.31. The number of anilines is 3. The largest absolute Gasteiger partial charge is 0.367 e. The van der Waals surface area contributed by atoms with Gasteiger partial charge in [-0.15, -0.1) is 0 Å². The quantitative estimate of drug-likeness (QED) is 0.607. The fourth-order valence-corrected chi connectivity index (χ4v) is 5.70. The first kappa shape index (κ1) is 22.5. The van der Waals surface area contributed by atoms with Gasteiger partial charge in [-0.1, -0.05) is 0 Å². The van der Waals surface area contributed by atoms with Crippen LogP contribution in [0.5, 0.6) is 0 Å². The van der Waals surface area contributed by atoms with Gasteiger partial charge in [-0.05, 0) is 43.4 Å². The number of fused-ring (bicyclic) bond motifs is 1. The molecular formula is C23H24F2N6O2S. The summed E-state index contributed by atoms with van der Waals surface area (Å²) in [6.07, 6.45) is 3.37. The van der Waals surface area contributed by atoms with Gasteiger partial charge < -0.3 is 15.1 Å². The molecule has 1 saturated heterocycles. The van der Waals surface area contributed by atoms with Crippen molar-refractivity contribution in [3.63, 3.8) is 0 Å². The topological polar surface area (TPSA) is 81.7 Å². The Labute approximate surface area is 196 Å². The molecule has 1 fully saturated rings. The van der Waals surface area contributed by atoms with Crippen LogP contribution >= 0.6 is 0 Å². The third-order valence-corrected chi connectivity index (χ3v) is 7.94. The fourth-order valence-electron chi connectivity index (χ4n) is 4.16. The second kappa shape index (κ2) is 8.80. The number of piperazine rings is 1. The Kier molecular flexibility index (Phi) is 5.82. The van der Waals surface area contributed by atoms with E-state index in [-0.39, 0.29) is 18.8 Å². The number of sulfonamides is 1. The molecule has 2 aliphatic heterocycles. The highest BCUT2D eigenvalue weighted by molar-refractivity contribution is 7.92. The summed E-state index contributed by atoms with van der Waals surface area (Å²) in [6, 6.07) is 7.94. The summed E-state index contributed by atoms with van der Waals surface area (Å²) in [7, 11) is -2.25. The van der Waals surface area contributed by atoms with Crippen molar-refractivity contribution in [3.05, 3.63) is 60.4 Å². The number of nitrogens with zero attached hydrogens (tertiary/aromatic N) is 5. The van der Waals surface area contributed by atoms with Crippen LogP contribution in [0.1, 0.15) is 0 Å². The highest BCUT2D eigenvalue weighted by Crippen LogP contribution is 2.36. The summed E-state index contributed by atoms with van der Waals surface area (Å²) in [4.78, 5) is 12.8. The lowest BCUT2D eigenvalue weighted by Gasteiger charge is -2.33. The Balaban J connectivity index is 1.47. The molecule has 0 saturated carbocycles. The second-order valence-corrected chi connectivity index (χ2v) is 10.2. The predicted octanol–water partition coefficient (Wildman–Crippen LogP) is 2.79. The Morgan fingerprint density at radius 1 is 0.912 bits per heavy atom. The minimum absolute atomic E-state index is 0.0526. The lowest BCUT2D eigenvalue weighted by atomic mass is 10.1. The van der Waals surface area contributed by atoms with E-state index in [0.717, 1.165) is 54.0 Å². The molecule has 5 rings (SSSR count). The average molecular weight is 487 g/mol. The molecule has 1 aromatic carbocycles. The molecule has 3 aromatic rings. The van der Waals surface area contributed by atoms with Gasteiger partial charge in [-0.3, -0.25) is 4.31 Å². The maximum Gasteiger partial charge on any atom is 0.267 e. The molecule has 0 atom stereocenters. The fraction of sp³-hybridized carbons (Fsp3) is 0.304. The van der Waals surface area contributed by atoms with E-state index >= 15 is 0 Å². The average Bonchev–Trinajstić information content (AvgIpc) is 2.85. The maximum absolute atomic E-state index is 14.3. The van der Waals surface area contributed by atoms with Crippen molar-refractivity contribution in [2.75, 3.05) is 60.8 Å². The zero-order valence-corrected chi connectivity index (χ0v) is 19.4. The van der Waals surface area contributed by atoms with E-state index in [0.29, 0.717) is 17.4 Å². The summed E-state index contributed by atoms with van der Waals surface area (Å²) in [6.45, 7) is 4.09. The Bertz CT molecular complexity index is 1310. The van der Waals surface area contributed by atoms with Crippen LogP contribution < -0.4 is 14.5 Å². The third-order valence-electron chi connectivity index (χ3n) is 6.11. The molecule has 2 aliphatic rings. The number of nitrogens with one attached hydrogen (secondary N) is 1. The number of halogens is 2. The first-order chi connectivity index (χ1) is 16.3. The van der Waals surface area contributed by atoms with Gasteiger partial charge in [0.25, 0.3) is 10.0 Å². The van der Waals surface area contributed by atoms with Crippen LogP contribution in [0.25, 0.3) is 11.1 Å². The van der Waals surface area contributed by atoms with Crippen molar-refractivity contribution in [2.24, 2.45) is 0 Å². The molecule has 4 heterocycles. The predicted molar refractivity (Wildman–Crippen MR) is 127 cm³/mol. The highest BCUT2D eigenvalue weighted by Gasteiger charge is 2.32. The van der Waals surface area contributed by atoms with Crippen molar-refractivity contribution < 1.29 is 17.2 Å². The lowest BCUT2D eigenvalue weighted by molar-refractivity contribution is 0.312. The minimum Gasteiger partial charge on any atom is -0.367 e. The SMILES string of the molecule is CN1CCN(c2ccc(-c3cnc4c(c3)N(S(=O)(=O)c3cc(F)ccc3F)CCN4)cn2)CC1. The number of hydrogen-bond donors (Lipinski definition) is 1. The van der Waals surface area contributed by atoms with Gasteiger partial charge in [-0.2, -0.15) is 0 Å². The number of rotatable bonds is 4. The molecule has 0 spiro atoms. The van der Waals surface area contributed by atoms with Gasteiger partial charge in [0.2, 0.25) is 0 Å². The summed E-state index contributed by atoms with van der Waals surface area (Å²) in [5.41, 5.74) is 1.71. The van der Waals surface area contributed by atoms with Crippen molar-refractivity contribution in [1.29, 1.82) is 0 Å². The van der Waals surface area contributed by atoms with Crippen LogP contribution in [-0.2, 0) is 10.0 Å². The van der Waals surface area contributed by atoms with Gasteiger partial charge >= 0.3 is 0 Å². The van der Waals surface area contributed by atoms with Gasteiger partial charge in [0.1, 0.15) is 22.3 Å². The number of likely N-dealkylation sites (N-methyl/N-ethyl adjacent to an activating group) is 1. The standard InChI is InChI=1S/C23H24F2N6O2S/c1-29-8-10-30(11-9-29)22-5-2-16(14-27-22)17-12-20-23(28-15-17)26-6-7-31(20)34(32,33)21-13-18(24)3-4-19(21)25/h2-5,12-15H,6-11H2,1H3,(H,26,28). The molecular weight excluding hydrogens is 462 g/mol. The van der Waals surface area contributed by atoms with Gasteiger partial charge in [0.05, 0.1) is 12.2 Å². The molecule has 2 aromatic heterocycles. The van der Waals surface area contributed by atoms with Crippen LogP contribution in [0.15, 0.2) is 53.7 Å². The van der Waals surface area contributed by atoms with E-state index in [4.69, 9.17) is 0 Å². The van der Waals surface area contributed by atoms with Crippen LogP contribution in [0.4, 0.5) is 26.1 Å². The number of hydrogen-bond acceptors (Lipinski definition) is 7. The van der Waals surface area contributed by atoms with E-state index < -0.39 is 26.6 Å². The maximum atomic E-state index is 14.3. The monoisotopic (exact) mass is 486 g/mol. The number of aromatic nitrogens is 2. The zero-order valence-electron chi connectivity index (χ0n) is 18.6. The number of pyridine rings is 2. The molecule has 0 radical (unpaired) electrons. The first-order valence-electron chi connectivity index (χ1n) is 10.9. The molecule has 11 heteroatoms. The Morgan fingerprint density at radius 3 is 2.41 bits per heavy atom. The smallest absolute Gasteiger partial charge is 0.267 e. The molecule has 8 nitrogen and oxygen atoms in total. The molecule has 178 valence electrons. The van der Waals surface area contributed by atoms with Crippen LogP contribution in [0.3, 0.4) is 0 Å². The van der Waals surface area contributed by atoms with E-state index in [9.17, 15) is 17.2 Å². The zero-order chi connectivity index (χ0) is 23.9. The van der Waals surface area contributed by atoms with Crippen molar-refractivity contribution in [1.82, 2.24) is 14.9 Å². The van der Waals surface area contributed by atoms with E-state index in [1.54, 1.807) is 18.5 Å². The molecule has 0 unspecified atom stereocenters. The molecule has 0 aliphatic carbocycles. The lowest BCUT2D eigenvalue weighted by Crippen LogP contribution is -2.44. The second-order valence-electron chi connectivity index (χ2n) is 8.37. The highest BCUT2D eigenvalue weighted by atomic mass is 32.2. The summed E-state index contributed by atoms with van der Waals surface area (Å²) >= 11 is 0.